The summed E-state index contributed by atoms with van der Waals surface area (Å²) in [6.07, 6.45) is 3.76. The zero-order valence-corrected chi connectivity index (χ0v) is 14.1. The molecule has 1 aliphatic rings. The number of rotatable bonds is 3. The summed E-state index contributed by atoms with van der Waals surface area (Å²) in [6, 6.07) is 15.4. The van der Waals surface area contributed by atoms with Gasteiger partial charge in [0, 0.05) is 14.9 Å². The molecule has 0 radical (unpaired) electrons. The number of halogens is 1. The van der Waals surface area contributed by atoms with Crippen LogP contribution in [0.2, 0.25) is 0 Å². The summed E-state index contributed by atoms with van der Waals surface area (Å²) in [5.74, 6) is -0.0867. The van der Waals surface area contributed by atoms with Crippen LogP contribution in [0.15, 0.2) is 68.6 Å². The van der Waals surface area contributed by atoms with E-state index in [2.05, 4.69) is 20.9 Å². The second-order valence-corrected chi connectivity index (χ2v) is 6.41. The van der Waals surface area contributed by atoms with Gasteiger partial charge in [0.1, 0.15) is 0 Å². The summed E-state index contributed by atoms with van der Waals surface area (Å²) in [6.45, 7) is 0. The van der Waals surface area contributed by atoms with Gasteiger partial charge in [-0.1, -0.05) is 28.1 Å². The highest BCUT2D eigenvalue weighted by atomic mass is 79.9. The molecule has 0 saturated carbocycles. The van der Waals surface area contributed by atoms with E-state index in [1.54, 1.807) is 17.8 Å². The van der Waals surface area contributed by atoms with Crippen LogP contribution in [-0.4, -0.2) is 18.1 Å². The summed E-state index contributed by atoms with van der Waals surface area (Å²) < 4.78 is 6.20. The smallest absolute Gasteiger partial charge is 0.363 e. The maximum absolute atomic E-state index is 11.9. The van der Waals surface area contributed by atoms with Crippen LogP contribution in [0.3, 0.4) is 0 Å². The van der Waals surface area contributed by atoms with Crippen LogP contribution in [0.4, 0.5) is 0 Å². The number of nitrogens with zero attached hydrogens (tertiary/aromatic N) is 1. The predicted molar refractivity (Wildman–Crippen MR) is 93.0 cm³/mol. The molecule has 0 amide bonds. The van der Waals surface area contributed by atoms with Crippen LogP contribution in [0, 0.1) is 0 Å². The molecule has 0 saturated heterocycles. The van der Waals surface area contributed by atoms with Gasteiger partial charge < -0.3 is 4.74 Å². The Hall–Kier alpha value is -1.85. The first-order valence-electron chi connectivity index (χ1n) is 6.58. The Morgan fingerprint density at radius 1 is 1.09 bits per heavy atom. The first-order chi connectivity index (χ1) is 10.7. The molecule has 0 unspecified atom stereocenters. The summed E-state index contributed by atoms with van der Waals surface area (Å²) >= 11 is 5.05. The van der Waals surface area contributed by atoms with E-state index in [1.165, 1.54) is 4.90 Å². The summed E-state index contributed by atoms with van der Waals surface area (Å²) in [5, 5.41) is 0. The standard InChI is InChI=1S/C17H12BrNO2S/c1-22-14-8-2-11(3-9-14)10-15-17(20)21-16(19-15)12-4-6-13(18)7-5-12/h2-10H,1H3. The molecule has 0 aromatic heterocycles. The van der Waals surface area contributed by atoms with Crippen molar-refractivity contribution in [3.05, 3.63) is 69.8 Å². The Morgan fingerprint density at radius 3 is 2.41 bits per heavy atom. The van der Waals surface area contributed by atoms with E-state index in [-0.39, 0.29) is 0 Å². The second-order valence-electron chi connectivity index (χ2n) is 4.62. The van der Waals surface area contributed by atoms with Gasteiger partial charge in [-0.3, -0.25) is 0 Å². The van der Waals surface area contributed by atoms with Crippen molar-refractivity contribution in [1.82, 2.24) is 0 Å². The molecular weight excluding hydrogens is 362 g/mol. The Balaban J connectivity index is 1.88. The Labute approximate surface area is 141 Å². The highest BCUT2D eigenvalue weighted by Gasteiger charge is 2.23. The van der Waals surface area contributed by atoms with Crippen LogP contribution in [0.5, 0.6) is 0 Å². The minimum atomic E-state index is -0.424. The second kappa shape index (κ2) is 6.50. The molecule has 3 rings (SSSR count). The summed E-state index contributed by atoms with van der Waals surface area (Å²) in [7, 11) is 0. The number of hydrogen-bond acceptors (Lipinski definition) is 4. The number of carbonyl (C=O) groups is 1. The van der Waals surface area contributed by atoms with Crippen LogP contribution < -0.4 is 0 Å². The van der Waals surface area contributed by atoms with E-state index in [1.807, 2.05) is 54.8 Å². The highest BCUT2D eigenvalue weighted by Crippen LogP contribution is 2.21. The topological polar surface area (TPSA) is 38.7 Å². The first kappa shape index (κ1) is 15.1. The maximum atomic E-state index is 11.9. The van der Waals surface area contributed by atoms with Gasteiger partial charge in [0.2, 0.25) is 5.90 Å². The number of carbonyl (C=O) groups excluding carboxylic acids is 1. The zero-order valence-electron chi connectivity index (χ0n) is 11.7. The normalized spacial score (nSPS) is 15.8. The van der Waals surface area contributed by atoms with Crippen molar-refractivity contribution in [2.75, 3.05) is 6.26 Å². The molecule has 3 nitrogen and oxygen atoms in total. The summed E-state index contributed by atoms with van der Waals surface area (Å²) in [4.78, 5) is 17.4. The van der Waals surface area contributed by atoms with E-state index in [4.69, 9.17) is 4.74 Å². The molecule has 22 heavy (non-hydrogen) atoms. The predicted octanol–water partition coefficient (Wildman–Crippen LogP) is 4.52. The number of aliphatic imine (C=N–C) groups is 1. The molecule has 110 valence electrons. The van der Waals surface area contributed by atoms with Gasteiger partial charge in [0.25, 0.3) is 0 Å². The van der Waals surface area contributed by atoms with Gasteiger partial charge in [-0.05, 0) is 54.3 Å². The minimum absolute atomic E-state index is 0.315. The van der Waals surface area contributed by atoms with Crippen molar-refractivity contribution < 1.29 is 9.53 Å². The molecule has 0 N–H and O–H groups in total. The fourth-order valence-electron chi connectivity index (χ4n) is 1.98. The number of cyclic esters (lactones) is 1. The summed E-state index contributed by atoms with van der Waals surface area (Å²) in [5.41, 5.74) is 2.01. The van der Waals surface area contributed by atoms with Crippen molar-refractivity contribution in [3.63, 3.8) is 0 Å². The average molecular weight is 374 g/mol. The van der Waals surface area contributed by atoms with Crippen molar-refractivity contribution >= 4 is 45.6 Å². The lowest BCUT2D eigenvalue weighted by Crippen LogP contribution is -2.05. The molecule has 2 aromatic rings. The molecule has 1 aliphatic heterocycles. The van der Waals surface area contributed by atoms with E-state index in [9.17, 15) is 4.79 Å². The molecule has 0 bridgehead atoms. The first-order valence-corrected chi connectivity index (χ1v) is 8.60. The fraction of sp³-hybridized carbons (Fsp3) is 0.0588. The number of esters is 1. The third-order valence-electron chi connectivity index (χ3n) is 3.13. The zero-order chi connectivity index (χ0) is 15.5. The lowest BCUT2D eigenvalue weighted by molar-refractivity contribution is -0.129. The van der Waals surface area contributed by atoms with Crippen LogP contribution in [0.25, 0.3) is 6.08 Å². The monoisotopic (exact) mass is 373 g/mol. The largest absolute Gasteiger partial charge is 0.402 e. The quantitative estimate of drug-likeness (QED) is 0.451. The number of benzene rings is 2. The van der Waals surface area contributed by atoms with Crippen molar-refractivity contribution in [2.24, 2.45) is 4.99 Å². The van der Waals surface area contributed by atoms with Crippen LogP contribution in [0.1, 0.15) is 11.1 Å². The van der Waals surface area contributed by atoms with Gasteiger partial charge in [-0.25, -0.2) is 9.79 Å². The van der Waals surface area contributed by atoms with E-state index < -0.39 is 5.97 Å². The Morgan fingerprint density at radius 2 is 1.77 bits per heavy atom. The highest BCUT2D eigenvalue weighted by molar-refractivity contribution is 9.10. The minimum Gasteiger partial charge on any atom is -0.402 e. The van der Waals surface area contributed by atoms with Crippen molar-refractivity contribution in [2.45, 2.75) is 4.90 Å². The Kier molecular flexibility index (Phi) is 4.45. The molecule has 2 aromatic carbocycles. The molecule has 0 aliphatic carbocycles. The number of ether oxygens (including phenoxy) is 1. The van der Waals surface area contributed by atoms with E-state index in [0.29, 0.717) is 11.6 Å². The third kappa shape index (κ3) is 3.31. The van der Waals surface area contributed by atoms with Crippen LogP contribution >= 0.6 is 27.7 Å². The molecule has 0 spiro atoms. The van der Waals surface area contributed by atoms with Gasteiger partial charge in [-0.2, -0.15) is 0 Å². The number of hydrogen-bond donors (Lipinski definition) is 0. The van der Waals surface area contributed by atoms with Gasteiger partial charge >= 0.3 is 5.97 Å². The Bertz CT molecular complexity index is 764. The molecule has 0 fully saturated rings. The van der Waals surface area contributed by atoms with Gasteiger partial charge in [0.15, 0.2) is 5.70 Å². The van der Waals surface area contributed by atoms with Crippen molar-refractivity contribution in [3.8, 4) is 0 Å². The SMILES string of the molecule is CSc1ccc(C=C2N=C(c3ccc(Br)cc3)OC2=O)cc1. The average Bonchev–Trinajstić information content (AvgIpc) is 2.90. The van der Waals surface area contributed by atoms with Gasteiger partial charge in [0.05, 0.1) is 0 Å². The lowest BCUT2D eigenvalue weighted by atomic mass is 10.2. The molecule has 1 heterocycles. The fourth-order valence-corrected chi connectivity index (χ4v) is 2.66. The van der Waals surface area contributed by atoms with E-state index in [0.717, 1.165) is 15.6 Å². The van der Waals surface area contributed by atoms with Crippen LogP contribution in [-0.2, 0) is 9.53 Å². The third-order valence-corrected chi connectivity index (χ3v) is 4.40. The van der Waals surface area contributed by atoms with E-state index >= 15 is 0 Å². The maximum Gasteiger partial charge on any atom is 0.363 e. The lowest BCUT2D eigenvalue weighted by Gasteiger charge is -1.98. The molecule has 0 atom stereocenters. The molecular formula is C17H12BrNO2S. The number of thioether (sulfide) groups is 1. The molecule has 5 heteroatoms. The van der Waals surface area contributed by atoms with Gasteiger partial charge in [-0.15, -0.1) is 11.8 Å². The van der Waals surface area contributed by atoms with Crippen molar-refractivity contribution in [1.29, 1.82) is 0 Å².